The van der Waals surface area contributed by atoms with Crippen molar-refractivity contribution in [2.24, 2.45) is 0 Å². The van der Waals surface area contributed by atoms with Crippen molar-refractivity contribution in [3.05, 3.63) is 0 Å². The second kappa shape index (κ2) is 42.7. The van der Waals surface area contributed by atoms with E-state index in [4.69, 9.17) is 38.5 Å². The molecule has 0 rings (SSSR count). The Hall–Kier alpha value is 0.860. The summed E-state index contributed by atoms with van der Waals surface area (Å²) in [6.07, 6.45) is 0. The molecule has 17 nitrogen and oxygen atoms in total. The number of hydrogen-bond acceptors (Lipinski definition) is 2. The van der Waals surface area contributed by atoms with E-state index < -0.39 is 15.6 Å². The molecule has 0 aliphatic carbocycles. The maximum Gasteiger partial charge on any atom is 1.00 e. The van der Waals surface area contributed by atoms with E-state index in [2.05, 4.69) is 0 Å². The summed E-state index contributed by atoms with van der Waals surface area (Å²) in [6, 6.07) is 0. The molecule has 0 aromatic carbocycles. The van der Waals surface area contributed by atoms with Gasteiger partial charge in [0, 0.05) is 0 Å². The third kappa shape index (κ3) is 8130. The third-order valence-electron chi connectivity index (χ3n) is 0. The zero-order valence-corrected chi connectivity index (χ0v) is 13.7. The fourth-order valence-corrected chi connectivity index (χ4v) is 0. The Morgan fingerprint density at radius 3 is 0.450 bits per heavy atom. The van der Waals surface area contributed by atoms with Crippen LogP contribution in [-0.2, 0) is 9.13 Å². The van der Waals surface area contributed by atoms with Gasteiger partial charge in [0.05, 0.1) is 0 Å². The van der Waals surface area contributed by atoms with E-state index in [1.165, 1.54) is 0 Å². The van der Waals surface area contributed by atoms with E-state index in [0.29, 0.717) is 0 Å². The zero-order chi connectivity index (χ0) is 9.00. The first-order valence-electron chi connectivity index (χ1n) is 1.57. The van der Waals surface area contributed by atoms with E-state index in [1.807, 2.05) is 0 Å². The van der Waals surface area contributed by atoms with Gasteiger partial charge in [0.15, 0.2) is 0 Å². The normalized spacial score (nSPS) is 5.90. The van der Waals surface area contributed by atoms with Gasteiger partial charge in [0.1, 0.15) is 0 Å². The Morgan fingerprint density at radius 1 is 0.450 bits per heavy atom. The minimum absolute atomic E-state index is 0. The minimum Gasteiger partial charge on any atom is -1.00 e. The van der Waals surface area contributed by atoms with Crippen molar-refractivity contribution in [2.75, 3.05) is 0 Å². The number of hydrogen-bond donors (Lipinski definition) is 6. The second-order valence-corrected chi connectivity index (χ2v) is 3.08. The Bertz CT molecular complexity index is 133. The van der Waals surface area contributed by atoms with Crippen LogP contribution in [0.2, 0.25) is 0 Å². The Balaban J connectivity index is -0.00000000364. The summed E-state index contributed by atoms with van der Waals surface area (Å²) in [5.41, 5.74) is 0. The molecule has 0 aliphatic rings. The molecule has 0 radical (unpaired) electrons. The van der Waals surface area contributed by atoms with Gasteiger partial charge in [0.2, 0.25) is 0 Å². The quantitative estimate of drug-likeness (QED) is 0.172. The molecule has 0 bridgehead atoms. The molecule has 0 fully saturated rings. The van der Waals surface area contributed by atoms with Crippen molar-refractivity contribution in [2.45, 2.75) is 0 Å². The van der Waals surface area contributed by atoms with Crippen LogP contribution in [0.3, 0.4) is 0 Å². The van der Waals surface area contributed by atoms with Crippen LogP contribution in [0.5, 0.6) is 0 Å². The summed E-state index contributed by atoms with van der Waals surface area (Å²) in [5, 5.41) is 0. The van der Waals surface area contributed by atoms with Gasteiger partial charge in [-0.3, -0.25) is 0 Å². The standard InChI is InChI=1S/Na.2H3O4P.9H2O.H/c;2*1-5(2,3)4;;;;;;;;;;/h;2*(H3,1,2,3,4);9*1H2;/q+1;;;;;;;;;;;;-1. The number of rotatable bonds is 0. The molecule has 0 aromatic heterocycles. The van der Waals surface area contributed by atoms with Gasteiger partial charge in [-0.2, -0.15) is 0 Å². The molecule has 0 heterocycles. The molecule has 0 atom stereocenters. The van der Waals surface area contributed by atoms with E-state index in [-0.39, 0.29) is 80.3 Å². The molecular weight excluding hydrogens is 357 g/mol. The SMILES string of the molecule is O.O.O.O.O.O.O.O.O.O=P(O)(O)O.O=P(O)(O)O.[H-].[Na+]. The third-order valence-corrected chi connectivity index (χ3v) is 0. The van der Waals surface area contributed by atoms with Crippen molar-refractivity contribution in [3.63, 3.8) is 0 Å². The summed E-state index contributed by atoms with van der Waals surface area (Å²) in [5.74, 6) is 0. The van der Waals surface area contributed by atoms with Crippen molar-refractivity contribution in [1.82, 2.24) is 0 Å². The van der Waals surface area contributed by atoms with E-state index >= 15 is 0 Å². The largest absolute Gasteiger partial charge is 1.00 e. The maximum atomic E-state index is 8.88. The van der Waals surface area contributed by atoms with E-state index in [1.54, 1.807) is 0 Å². The van der Waals surface area contributed by atoms with Gasteiger partial charge in [-0.25, -0.2) is 9.13 Å². The van der Waals surface area contributed by atoms with Crippen molar-refractivity contribution in [1.29, 1.82) is 0 Å². The predicted molar refractivity (Wildman–Crippen MR) is 62.2 cm³/mol. The fourth-order valence-electron chi connectivity index (χ4n) is 0. The average Bonchev–Trinajstić information content (AvgIpc) is 1.12. The topological polar surface area (TPSA) is 439 Å². The first-order chi connectivity index (χ1) is 4.00. The molecule has 0 saturated carbocycles. The van der Waals surface area contributed by atoms with Gasteiger partial charge in [0.25, 0.3) is 0 Å². The van der Waals surface area contributed by atoms with Crippen molar-refractivity contribution < 1.29 is 119 Å². The minimum atomic E-state index is -4.64. The molecule has 20 heavy (non-hydrogen) atoms. The van der Waals surface area contributed by atoms with Gasteiger partial charge in [-0.15, -0.1) is 0 Å². The Kier molecular flexibility index (Phi) is 224. The van der Waals surface area contributed by atoms with Crippen LogP contribution in [-0.4, -0.2) is 78.6 Å². The van der Waals surface area contributed by atoms with Gasteiger partial charge >= 0.3 is 45.2 Å². The Labute approximate surface area is 134 Å². The number of phosphoric acid groups is 2. The van der Waals surface area contributed by atoms with Crippen molar-refractivity contribution >= 4 is 15.6 Å². The molecule has 138 valence electrons. The van der Waals surface area contributed by atoms with Gasteiger partial charge in [-0.1, -0.05) is 0 Å². The molecule has 0 spiro atoms. The molecule has 0 aromatic rings. The monoisotopic (exact) mass is 382 g/mol. The molecule has 0 amide bonds. The first kappa shape index (κ1) is 105. The molecule has 0 unspecified atom stereocenters. The molecule has 0 saturated heterocycles. The summed E-state index contributed by atoms with van der Waals surface area (Å²) >= 11 is 0. The summed E-state index contributed by atoms with van der Waals surface area (Å²) in [4.78, 5) is 43.1. The van der Waals surface area contributed by atoms with Crippen LogP contribution >= 0.6 is 15.6 Å². The van der Waals surface area contributed by atoms with Gasteiger partial charge < -0.3 is 80.1 Å². The van der Waals surface area contributed by atoms with Crippen LogP contribution in [0.15, 0.2) is 0 Å². The van der Waals surface area contributed by atoms with Crippen LogP contribution < -0.4 is 29.6 Å². The van der Waals surface area contributed by atoms with Crippen LogP contribution in [0.25, 0.3) is 0 Å². The van der Waals surface area contributed by atoms with E-state index in [0.717, 1.165) is 0 Å². The van der Waals surface area contributed by atoms with Crippen LogP contribution in [0.4, 0.5) is 0 Å². The molecular formula is H25NaO17P2. The maximum absolute atomic E-state index is 8.88. The molecule has 20 heteroatoms. The van der Waals surface area contributed by atoms with Gasteiger partial charge in [-0.05, 0) is 0 Å². The predicted octanol–water partition coefficient (Wildman–Crippen LogP) is -12.2. The molecule has 0 aliphatic heterocycles. The van der Waals surface area contributed by atoms with Crippen molar-refractivity contribution in [3.8, 4) is 0 Å². The summed E-state index contributed by atoms with van der Waals surface area (Å²) in [7, 11) is -9.28. The van der Waals surface area contributed by atoms with Crippen LogP contribution in [0, 0.1) is 0 Å². The first-order valence-corrected chi connectivity index (χ1v) is 4.70. The smallest absolute Gasteiger partial charge is 1.00 e. The second-order valence-electron chi connectivity index (χ2n) is 1.03. The average molecular weight is 382 g/mol. The molecule has 24 N–H and O–H groups in total. The fraction of sp³-hybridized carbons (Fsp3) is 0. The summed E-state index contributed by atoms with van der Waals surface area (Å²) in [6.45, 7) is 0. The zero-order valence-electron chi connectivity index (χ0n) is 10.9. The summed E-state index contributed by atoms with van der Waals surface area (Å²) < 4.78 is 17.8. The Morgan fingerprint density at radius 2 is 0.450 bits per heavy atom. The van der Waals surface area contributed by atoms with Crippen LogP contribution in [0.1, 0.15) is 1.43 Å². The van der Waals surface area contributed by atoms with E-state index in [9.17, 15) is 0 Å².